The fourth-order valence-corrected chi connectivity index (χ4v) is 3.84. The number of nitrogens with zero attached hydrogens (tertiary/aromatic N) is 3. The summed E-state index contributed by atoms with van der Waals surface area (Å²) in [6, 6.07) is 2.50. The Morgan fingerprint density at radius 1 is 1.25 bits per heavy atom. The number of aromatic nitrogens is 1. The molecule has 3 rings (SSSR count). The summed E-state index contributed by atoms with van der Waals surface area (Å²) in [4.78, 5) is 9.81. The lowest BCUT2D eigenvalue weighted by atomic mass is 9.95. The van der Waals surface area contributed by atoms with Crippen molar-refractivity contribution >= 4 is 11.6 Å². The summed E-state index contributed by atoms with van der Waals surface area (Å²) in [7, 11) is 2.23. The lowest BCUT2D eigenvalue weighted by Crippen LogP contribution is -3.08. The van der Waals surface area contributed by atoms with Gasteiger partial charge in [0.2, 0.25) is 11.6 Å². The normalized spacial score (nSPS) is 20.4. The molecule has 0 aliphatic carbocycles. The van der Waals surface area contributed by atoms with Crippen LogP contribution in [-0.2, 0) is 17.7 Å². The van der Waals surface area contributed by atoms with Gasteiger partial charge in [0.25, 0.3) is 0 Å². The Bertz CT molecular complexity index is 629. The molecule has 0 saturated carbocycles. The van der Waals surface area contributed by atoms with Crippen molar-refractivity contribution in [3.05, 3.63) is 16.7 Å². The highest BCUT2D eigenvalue weighted by molar-refractivity contribution is 5.62. The van der Waals surface area contributed by atoms with Crippen LogP contribution in [0, 0.1) is 11.3 Å². The second-order valence-corrected chi connectivity index (χ2v) is 6.67. The van der Waals surface area contributed by atoms with E-state index in [-0.39, 0.29) is 0 Å². The number of hydrogen-bond donors (Lipinski definition) is 1. The van der Waals surface area contributed by atoms with Gasteiger partial charge in [-0.25, -0.2) is 4.98 Å². The van der Waals surface area contributed by atoms with Gasteiger partial charge in [0.05, 0.1) is 58.5 Å². The van der Waals surface area contributed by atoms with Crippen molar-refractivity contribution in [2.45, 2.75) is 26.8 Å². The maximum Gasteiger partial charge on any atom is 0.240 e. The van der Waals surface area contributed by atoms with E-state index >= 15 is 0 Å². The number of anilines is 2. The number of nitrogens with one attached hydrogen (secondary N) is 2. The second kappa shape index (κ2) is 7.37. The molecule has 2 aliphatic heterocycles. The molecular formula is C18H29N5O+2. The van der Waals surface area contributed by atoms with Gasteiger partial charge in [0.15, 0.2) is 0 Å². The molecule has 0 amide bonds. The lowest BCUT2D eigenvalue weighted by Gasteiger charge is -2.30. The van der Waals surface area contributed by atoms with Gasteiger partial charge in [-0.15, -0.1) is 0 Å². The number of morpholine rings is 1. The Balaban J connectivity index is 2.15. The molecule has 1 aromatic rings. The standard InChI is InChI=1S/C18H27N5O/c1-4-22(5-2)18-16-13-21(3)7-6-14(16)15(12-19)17(20-18)23-8-10-24-11-9-23/h4-11,13H2,1-3H3/p+2. The fraction of sp³-hybridized carbons (Fsp3) is 0.667. The molecule has 1 fully saturated rings. The Morgan fingerprint density at radius 2 is 1.96 bits per heavy atom. The number of quaternary nitrogens is 1. The van der Waals surface area contributed by atoms with E-state index in [0.717, 1.165) is 70.3 Å². The molecule has 1 aromatic heterocycles. The molecular weight excluding hydrogens is 302 g/mol. The summed E-state index contributed by atoms with van der Waals surface area (Å²) in [5, 5.41) is 9.87. The zero-order valence-corrected chi connectivity index (χ0v) is 15.1. The number of H-pyrrole nitrogens is 1. The summed E-state index contributed by atoms with van der Waals surface area (Å²) >= 11 is 0. The average Bonchev–Trinajstić information content (AvgIpc) is 2.63. The molecule has 2 aliphatic rings. The van der Waals surface area contributed by atoms with Crippen LogP contribution in [0.1, 0.15) is 30.5 Å². The molecule has 0 spiro atoms. The first-order valence-corrected chi connectivity index (χ1v) is 9.09. The molecule has 0 radical (unpaired) electrons. The summed E-state index contributed by atoms with van der Waals surface area (Å²) in [5.74, 6) is 2.19. The number of hydrogen-bond acceptors (Lipinski definition) is 4. The summed E-state index contributed by atoms with van der Waals surface area (Å²) in [6.07, 6.45) is 0.977. The predicted molar refractivity (Wildman–Crippen MR) is 93.5 cm³/mol. The topological polar surface area (TPSA) is 58.1 Å². The molecule has 0 bridgehead atoms. The minimum atomic E-state index is 0.725. The smallest absolute Gasteiger partial charge is 0.240 e. The van der Waals surface area contributed by atoms with Gasteiger partial charge < -0.3 is 9.64 Å². The second-order valence-electron chi connectivity index (χ2n) is 6.67. The lowest BCUT2D eigenvalue weighted by molar-refractivity contribution is -0.895. The molecule has 6 nitrogen and oxygen atoms in total. The van der Waals surface area contributed by atoms with Gasteiger partial charge >= 0.3 is 0 Å². The predicted octanol–water partition coefficient (Wildman–Crippen LogP) is -0.374. The third kappa shape index (κ3) is 3.06. The van der Waals surface area contributed by atoms with Crippen molar-refractivity contribution in [3.63, 3.8) is 0 Å². The number of pyridine rings is 1. The van der Waals surface area contributed by atoms with E-state index in [0.29, 0.717) is 0 Å². The van der Waals surface area contributed by atoms with Crippen LogP contribution < -0.4 is 19.7 Å². The molecule has 130 valence electrons. The van der Waals surface area contributed by atoms with E-state index in [1.807, 2.05) is 0 Å². The van der Waals surface area contributed by atoms with E-state index in [2.05, 4.69) is 41.7 Å². The number of aromatic amines is 1. The van der Waals surface area contributed by atoms with Crippen molar-refractivity contribution in [1.82, 2.24) is 0 Å². The number of nitriles is 1. The molecule has 3 heterocycles. The quantitative estimate of drug-likeness (QED) is 0.818. The summed E-state index contributed by atoms with van der Waals surface area (Å²) < 4.78 is 5.49. The van der Waals surface area contributed by atoms with Crippen LogP contribution in [0.25, 0.3) is 0 Å². The van der Waals surface area contributed by atoms with Gasteiger partial charge in [-0.3, -0.25) is 9.80 Å². The van der Waals surface area contributed by atoms with Crippen LogP contribution in [-0.4, -0.2) is 53.0 Å². The maximum absolute atomic E-state index is 9.87. The van der Waals surface area contributed by atoms with Gasteiger partial charge in [0, 0.05) is 6.42 Å². The zero-order valence-electron chi connectivity index (χ0n) is 15.1. The molecule has 1 atom stereocenters. The van der Waals surface area contributed by atoms with Crippen LogP contribution in [0.15, 0.2) is 0 Å². The first kappa shape index (κ1) is 17.0. The van der Waals surface area contributed by atoms with Crippen molar-refractivity contribution in [2.24, 2.45) is 0 Å². The first-order chi connectivity index (χ1) is 11.7. The summed E-state index contributed by atoms with van der Waals surface area (Å²) in [5.41, 5.74) is 3.43. The van der Waals surface area contributed by atoms with Crippen LogP contribution in [0.2, 0.25) is 0 Å². The van der Waals surface area contributed by atoms with Gasteiger partial charge in [-0.05, 0) is 19.4 Å². The van der Waals surface area contributed by atoms with Gasteiger partial charge in [-0.1, -0.05) is 0 Å². The molecule has 24 heavy (non-hydrogen) atoms. The third-order valence-electron chi connectivity index (χ3n) is 5.22. The highest BCUT2D eigenvalue weighted by atomic mass is 16.5. The van der Waals surface area contributed by atoms with E-state index < -0.39 is 0 Å². The third-order valence-corrected chi connectivity index (χ3v) is 5.22. The van der Waals surface area contributed by atoms with E-state index in [1.165, 1.54) is 21.8 Å². The maximum atomic E-state index is 9.87. The number of likely N-dealkylation sites (N-methyl/N-ethyl adjacent to an activating group) is 1. The van der Waals surface area contributed by atoms with Gasteiger partial charge in [-0.2, -0.15) is 5.26 Å². The van der Waals surface area contributed by atoms with Gasteiger partial charge in [0.1, 0.15) is 18.2 Å². The highest BCUT2D eigenvalue weighted by Crippen LogP contribution is 2.29. The number of fused-ring (bicyclic) bond motifs is 1. The van der Waals surface area contributed by atoms with Crippen LogP contribution in [0.4, 0.5) is 11.6 Å². The fourth-order valence-electron chi connectivity index (χ4n) is 3.84. The van der Waals surface area contributed by atoms with Crippen LogP contribution >= 0.6 is 0 Å². The van der Waals surface area contributed by atoms with Crippen molar-refractivity contribution in [2.75, 3.05) is 62.8 Å². The largest absolute Gasteiger partial charge is 0.375 e. The van der Waals surface area contributed by atoms with E-state index in [9.17, 15) is 5.26 Å². The monoisotopic (exact) mass is 331 g/mol. The van der Waals surface area contributed by atoms with Crippen LogP contribution in [0.3, 0.4) is 0 Å². The Hall–Kier alpha value is -1.84. The SMILES string of the molecule is CCN(CC)c1[nH+]c(N2CCOCC2)c(C#N)c2c1C[NH+](C)CC2. The van der Waals surface area contributed by atoms with Crippen molar-refractivity contribution in [3.8, 4) is 6.07 Å². The molecule has 1 saturated heterocycles. The zero-order chi connectivity index (χ0) is 17.1. The van der Waals surface area contributed by atoms with Crippen LogP contribution in [0.5, 0.6) is 0 Å². The molecule has 1 unspecified atom stereocenters. The Labute approximate surface area is 144 Å². The Kier molecular flexibility index (Phi) is 5.22. The summed E-state index contributed by atoms with van der Waals surface area (Å²) in [6.45, 7) is 11.5. The minimum Gasteiger partial charge on any atom is -0.375 e. The van der Waals surface area contributed by atoms with E-state index in [1.54, 1.807) is 0 Å². The van der Waals surface area contributed by atoms with E-state index in [4.69, 9.17) is 4.74 Å². The highest BCUT2D eigenvalue weighted by Gasteiger charge is 2.33. The van der Waals surface area contributed by atoms with Crippen molar-refractivity contribution in [1.29, 1.82) is 5.26 Å². The Morgan fingerprint density at radius 3 is 2.58 bits per heavy atom. The number of ether oxygens (including phenoxy) is 1. The molecule has 6 heteroatoms. The average molecular weight is 331 g/mol. The minimum absolute atomic E-state index is 0.725. The first-order valence-electron chi connectivity index (χ1n) is 9.09. The number of rotatable bonds is 4. The van der Waals surface area contributed by atoms with Crippen molar-refractivity contribution < 1.29 is 14.6 Å². The molecule has 0 aromatic carbocycles. The molecule has 2 N–H and O–H groups in total.